The van der Waals surface area contributed by atoms with Gasteiger partial charge in [0.15, 0.2) is 0 Å². The van der Waals surface area contributed by atoms with Gasteiger partial charge in [-0.05, 0) is 13.1 Å². The lowest BCUT2D eigenvalue weighted by Crippen LogP contribution is -2.35. The molecule has 1 atom stereocenters. The van der Waals surface area contributed by atoms with Crippen LogP contribution in [-0.2, 0) is 9.59 Å². The summed E-state index contributed by atoms with van der Waals surface area (Å²) in [5, 5.41) is 8.01. The molecule has 1 rings (SSSR count). The summed E-state index contributed by atoms with van der Waals surface area (Å²) >= 11 is 0. The number of carbonyl (C=O) groups excluding carboxylic acids is 2. The van der Waals surface area contributed by atoms with Gasteiger partial charge in [-0.3, -0.25) is 9.59 Å². The molecule has 0 aliphatic heterocycles. The third-order valence-corrected chi connectivity index (χ3v) is 2.80. The number of likely N-dealkylation sites (N-methyl/N-ethyl adjacent to an activating group) is 1. The first-order valence-corrected chi connectivity index (χ1v) is 6.57. The highest BCUT2D eigenvalue weighted by Gasteiger charge is 2.20. The second kappa shape index (κ2) is 8.31. The predicted molar refractivity (Wildman–Crippen MR) is 74.5 cm³/mol. The molecule has 1 unspecified atom stereocenters. The minimum atomic E-state index is -0.835. The Labute approximate surface area is 122 Å². The van der Waals surface area contributed by atoms with E-state index in [1.807, 2.05) is 0 Å². The van der Waals surface area contributed by atoms with Crippen LogP contribution in [0.2, 0.25) is 0 Å². The van der Waals surface area contributed by atoms with Crippen LogP contribution >= 0.6 is 0 Å². The summed E-state index contributed by atoms with van der Waals surface area (Å²) in [5.74, 6) is -2.23. The Balaban J connectivity index is 2.80. The average Bonchev–Trinajstić information content (AvgIpc) is 2.37. The fourth-order valence-corrected chi connectivity index (χ4v) is 1.85. The van der Waals surface area contributed by atoms with Crippen LogP contribution in [0.1, 0.15) is 24.9 Å². The van der Waals surface area contributed by atoms with Crippen LogP contribution in [0.25, 0.3) is 0 Å². The average molecular weight is 299 g/mol. The lowest BCUT2D eigenvalue weighted by atomic mass is 10.0. The Morgan fingerprint density at radius 2 is 1.95 bits per heavy atom. The van der Waals surface area contributed by atoms with Gasteiger partial charge in [0.25, 0.3) is 0 Å². The molecule has 0 saturated carbocycles. The van der Waals surface area contributed by atoms with Crippen molar-refractivity contribution in [2.24, 2.45) is 0 Å². The lowest BCUT2D eigenvalue weighted by Gasteiger charge is -2.18. The molecular formula is C14H19F2N3O2. The fourth-order valence-electron chi connectivity index (χ4n) is 1.85. The van der Waals surface area contributed by atoms with Gasteiger partial charge in [0, 0.05) is 31.6 Å². The number of hydrogen-bond donors (Lipinski definition) is 3. The van der Waals surface area contributed by atoms with Crippen LogP contribution in [0.4, 0.5) is 8.78 Å². The van der Waals surface area contributed by atoms with Crippen molar-refractivity contribution in [3.05, 3.63) is 35.4 Å². The summed E-state index contributed by atoms with van der Waals surface area (Å²) in [6.45, 7) is 2.29. The van der Waals surface area contributed by atoms with Gasteiger partial charge in [0.2, 0.25) is 11.8 Å². The Bertz CT molecular complexity index is 509. The molecular weight excluding hydrogens is 280 g/mol. The number of halogens is 2. The van der Waals surface area contributed by atoms with Crippen molar-refractivity contribution < 1.29 is 18.4 Å². The van der Waals surface area contributed by atoms with E-state index < -0.39 is 23.6 Å². The van der Waals surface area contributed by atoms with E-state index in [9.17, 15) is 18.4 Å². The van der Waals surface area contributed by atoms with E-state index in [1.165, 1.54) is 13.0 Å². The first kappa shape index (κ1) is 17.0. The molecule has 21 heavy (non-hydrogen) atoms. The number of nitrogens with one attached hydrogen (secondary N) is 3. The van der Waals surface area contributed by atoms with Gasteiger partial charge in [0.05, 0.1) is 12.5 Å². The van der Waals surface area contributed by atoms with Crippen molar-refractivity contribution in [2.45, 2.75) is 19.4 Å². The summed E-state index contributed by atoms with van der Waals surface area (Å²) in [5.41, 5.74) is 0.0790. The first-order valence-electron chi connectivity index (χ1n) is 6.57. The Morgan fingerprint density at radius 1 is 1.24 bits per heavy atom. The monoisotopic (exact) mass is 299 g/mol. The van der Waals surface area contributed by atoms with Crippen LogP contribution in [-0.4, -0.2) is 32.0 Å². The molecule has 0 aliphatic rings. The number of hydrogen-bond acceptors (Lipinski definition) is 3. The standard InChI is InChI=1S/C14H19F2N3O2/c1-9(20)19-13(8-14(21)18-6-5-17-2)11-4-3-10(15)7-12(11)16/h3-4,7,13,17H,5-6,8H2,1-2H3,(H,18,21)(H,19,20). The van der Waals surface area contributed by atoms with Crippen LogP contribution in [0.3, 0.4) is 0 Å². The van der Waals surface area contributed by atoms with Crippen molar-refractivity contribution in [3.8, 4) is 0 Å². The quantitative estimate of drug-likeness (QED) is 0.654. The van der Waals surface area contributed by atoms with Crippen LogP contribution in [0, 0.1) is 11.6 Å². The van der Waals surface area contributed by atoms with Crippen molar-refractivity contribution >= 4 is 11.8 Å². The number of amides is 2. The maximum absolute atomic E-state index is 13.8. The van der Waals surface area contributed by atoms with E-state index in [0.29, 0.717) is 13.1 Å². The van der Waals surface area contributed by atoms with Gasteiger partial charge in [-0.2, -0.15) is 0 Å². The molecule has 0 heterocycles. The molecule has 0 spiro atoms. The molecule has 0 bridgehead atoms. The second-order valence-corrected chi connectivity index (χ2v) is 4.58. The summed E-state index contributed by atoms with van der Waals surface area (Å²) < 4.78 is 26.7. The van der Waals surface area contributed by atoms with Gasteiger partial charge in [-0.1, -0.05) is 6.07 Å². The van der Waals surface area contributed by atoms with E-state index in [1.54, 1.807) is 7.05 Å². The third kappa shape index (κ3) is 5.86. The zero-order valence-corrected chi connectivity index (χ0v) is 12.0. The Kier molecular flexibility index (Phi) is 6.74. The van der Waals surface area contributed by atoms with Gasteiger partial charge in [-0.25, -0.2) is 8.78 Å². The largest absolute Gasteiger partial charge is 0.355 e. The molecule has 0 aliphatic carbocycles. The highest BCUT2D eigenvalue weighted by molar-refractivity contribution is 5.79. The third-order valence-electron chi connectivity index (χ3n) is 2.80. The first-order chi connectivity index (χ1) is 9.93. The Morgan fingerprint density at radius 3 is 2.52 bits per heavy atom. The molecule has 0 aromatic heterocycles. The van der Waals surface area contributed by atoms with Crippen molar-refractivity contribution in [1.82, 2.24) is 16.0 Å². The van der Waals surface area contributed by atoms with E-state index in [4.69, 9.17) is 0 Å². The topological polar surface area (TPSA) is 70.2 Å². The fraction of sp³-hybridized carbons (Fsp3) is 0.429. The summed E-state index contributed by atoms with van der Waals surface area (Å²) in [6, 6.07) is 2.21. The van der Waals surface area contributed by atoms with Gasteiger partial charge >= 0.3 is 0 Å². The van der Waals surface area contributed by atoms with Crippen LogP contribution in [0.15, 0.2) is 18.2 Å². The lowest BCUT2D eigenvalue weighted by molar-refractivity contribution is -0.122. The zero-order chi connectivity index (χ0) is 15.8. The van der Waals surface area contributed by atoms with Gasteiger partial charge < -0.3 is 16.0 Å². The molecule has 0 radical (unpaired) electrons. The minimum absolute atomic E-state index is 0.0790. The molecule has 7 heteroatoms. The zero-order valence-electron chi connectivity index (χ0n) is 12.0. The summed E-state index contributed by atoms with van der Waals surface area (Å²) in [7, 11) is 1.75. The van der Waals surface area contributed by atoms with Gasteiger partial charge in [0.1, 0.15) is 11.6 Å². The molecule has 0 fully saturated rings. The van der Waals surface area contributed by atoms with E-state index in [2.05, 4.69) is 16.0 Å². The number of benzene rings is 1. The SMILES string of the molecule is CNCCNC(=O)CC(NC(C)=O)c1ccc(F)cc1F. The molecule has 2 amide bonds. The summed E-state index contributed by atoms with van der Waals surface area (Å²) in [4.78, 5) is 23.0. The molecule has 1 aromatic carbocycles. The molecule has 5 nitrogen and oxygen atoms in total. The highest BCUT2D eigenvalue weighted by Crippen LogP contribution is 2.21. The van der Waals surface area contributed by atoms with Gasteiger partial charge in [-0.15, -0.1) is 0 Å². The minimum Gasteiger partial charge on any atom is -0.355 e. The molecule has 1 aromatic rings. The molecule has 0 saturated heterocycles. The predicted octanol–water partition coefficient (Wildman–Crippen LogP) is 0.868. The molecule has 116 valence electrons. The summed E-state index contributed by atoms with van der Waals surface area (Å²) in [6.07, 6.45) is -0.119. The van der Waals surface area contributed by atoms with E-state index in [-0.39, 0.29) is 17.9 Å². The van der Waals surface area contributed by atoms with Crippen molar-refractivity contribution in [3.63, 3.8) is 0 Å². The normalized spacial score (nSPS) is 11.8. The maximum Gasteiger partial charge on any atom is 0.222 e. The van der Waals surface area contributed by atoms with Crippen molar-refractivity contribution in [1.29, 1.82) is 0 Å². The van der Waals surface area contributed by atoms with E-state index >= 15 is 0 Å². The number of rotatable bonds is 7. The highest BCUT2D eigenvalue weighted by atomic mass is 19.1. The smallest absolute Gasteiger partial charge is 0.222 e. The second-order valence-electron chi connectivity index (χ2n) is 4.58. The number of carbonyl (C=O) groups is 2. The van der Waals surface area contributed by atoms with Crippen LogP contribution < -0.4 is 16.0 Å². The molecule has 3 N–H and O–H groups in total. The Hall–Kier alpha value is -2.02. The van der Waals surface area contributed by atoms with Crippen molar-refractivity contribution in [2.75, 3.05) is 20.1 Å². The maximum atomic E-state index is 13.8. The van der Waals surface area contributed by atoms with Crippen LogP contribution in [0.5, 0.6) is 0 Å². The van der Waals surface area contributed by atoms with E-state index in [0.717, 1.165) is 12.1 Å².